The molecule has 4 nitrogen and oxygen atoms in total. The predicted molar refractivity (Wildman–Crippen MR) is 76.5 cm³/mol. The van der Waals surface area contributed by atoms with Crippen LogP contribution in [0.15, 0.2) is 24.3 Å². The van der Waals surface area contributed by atoms with Crippen molar-refractivity contribution in [2.75, 3.05) is 32.1 Å². The Morgan fingerprint density at radius 2 is 2.16 bits per heavy atom. The second kappa shape index (κ2) is 7.14. The maximum atomic E-state index is 12.0. The number of hydrogen-bond donors (Lipinski definition) is 2. The quantitative estimate of drug-likeness (QED) is 0.707. The molecule has 1 amide bonds. The van der Waals surface area contributed by atoms with Gasteiger partial charge in [0.1, 0.15) is 0 Å². The molecule has 1 aromatic carbocycles. The van der Waals surface area contributed by atoms with Crippen LogP contribution in [0.5, 0.6) is 0 Å². The molecule has 0 bridgehead atoms. The molecule has 2 rings (SSSR count). The van der Waals surface area contributed by atoms with Crippen LogP contribution in [0.2, 0.25) is 0 Å². The molecule has 0 atom stereocenters. The van der Waals surface area contributed by atoms with Gasteiger partial charge in [-0.15, -0.1) is 0 Å². The lowest BCUT2D eigenvalue weighted by Gasteiger charge is -2.09. The van der Waals surface area contributed by atoms with Gasteiger partial charge in [0.2, 0.25) is 0 Å². The predicted octanol–water partition coefficient (Wildman–Crippen LogP) is 2.27. The Kier molecular flexibility index (Phi) is 5.21. The van der Waals surface area contributed by atoms with Gasteiger partial charge in [-0.1, -0.05) is 12.1 Å². The third-order valence-electron chi connectivity index (χ3n) is 3.24. The van der Waals surface area contributed by atoms with Crippen LogP contribution in [0, 0.1) is 5.92 Å². The standard InChI is InChI=1S/C15H22N2O2/c1-16-14-6-3-2-5-13(14)15(18)17-9-4-10-19-11-12-7-8-12/h2-3,5-6,12,16H,4,7-11H2,1H3,(H,17,18). The van der Waals surface area contributed by atoms with Crippen LogP contribution in [-0.4, -0.2) is 32.7 Å². The summed E-state index contributed by atoms with van der Waals surface area (Å²) in [6.45, 7) is 2.27. The lowest BCUT2D eigenvalue weighted by molar-refractivity contribution is 0.0938. The summed E-state index contributed by atoms with van der Waals surface area (Å²) in [7, 11) is 1.82. The number of anilines is 1. The van der Waals surface area contributed by atoms with Gasteiger partial charge in [-0.25, -0.2) is 0 Å². The van der Waals surface area contributed by atoms with Crippen LogP contribution in [0.1, 0.15) is 29.6 Å². The van der Waals surface area contributed by atoms with Crippen LogP contribution in [0.25, 0.3) is 0 Å². The van der Waals surface area contributed by atoms with Crippen molar-refractivity contribution in [3.63, 3.8) is 0 Å². The van der Waals surface area contributed by atoms with Gasteiger partial charge in [0.15, 0.2) is 0 Å². The molecule has 1 aliphatic carbocycles. The highest BCUT2D eigenvalue weighted by Gasteiger charge is 2.20. The molecule has 0 aromatic heterocycles. The highest BCUT2D eigenvalue weighted by Crippen LogP contribution is 2.28. The van der Waals surface area contributed by atoms with Gasteiger partial charge < -0.3 is 15.4 Å². The fourth-order valence-electron chi connectivity index (χ4n) is 1.91. The summed E-state index contributed by atoms with van der Waals surface area (Å²) in [6.07, 6.45) is 3.50. The fraction of sp³-hybridized carbons (Fsp3) is 0.533. The van der Waals surface area contributed by atoms with Crippen LogP contribution >= 0.6 is 0 Å². The molecule has 0 radical (unpaired) electrons. The second-order valence-corrected chi connectivity index (χ2v) is 4.92. The maximum absolute atomic E-state index is 12.0. The monoisotopic (exact) mass is 262 g/mol. The van der Waals surface area contributed by atoms with Crippen molar-refractivity contribution in [2.24, 2.45) is 5.92 Å². The van der Waals surface area contributed by atoms with E-state index < -0.39 is 0 Å². The minimum Gasteiger partial charge on any atom is -0.387 e. The lowest BCUT2D eigenvalue weighted by Crippen LogP contribution is -2.26. The molecule has 1 aromatic rings. The van der Waals surface area contributed by atoms with E-state index in [2.05, 4.69) is 10.6 Å². The number of carbonyl (C=O) groups is 1. The summed E-state index contributed by atoms with van der Waals surface area (Å²) in [5.74, 6) is 0.768. The van der Waals surface area contributed by atoms with Gasteiger partial charge in [-0.2, -0.15) is 0 Å². The van der Waals surface area contributed by atoms with E-state index in [0.29, 0.717) is 12.1 Å². The molecule has 0 aliphatic heterocycles. The topological polar surface area (TPSA) is 50.4 Å². The average molecular weight is 262 g/mol. The zero-order chi connectivity index (χ0) is 13.5. The third-order valence-corrected chi connectivity index (χ3v) is 3.24. The van der Waals surface area contributed by atoms with E-state index in [4.69, 9.17) is 4.74 Å². The molecule has 1 fully saturated rings. The number of amides is 1. The molecule has 0 spiro atoms. The number of ether oxygens (including phenoxy) is 1. The number of benzene rings is 1. The van der Waals surface area contributed by atoms with Gasteiger partial charge in [0.05, 0.1) is 5.56 Å². The Labute approximate surface area is 114 Å². The summed E-state index contributed by atoms with van der Waals surface area (Å²) in [5.41, 5.74) is 1.54. The molecule has 1 saturated carbocycles. The Bertz CT molecular complexity index is 416. The lowest BCUT2D eigenvalue weighted by atomic mass is 10.1. The zero-order valence-corrected chi connectivity index (χ0v) is 11.4. The molecule has 0 saturated heterocycles. The van der Waals surface area contributed by atoms with E-state index in [1.165, 1.54) is 12.8 Å². The number of para-hydroxylation sites is 1. The molecule has 2 N–H and O–H groups in total. The first-order valence-electron chi connectivity index (χ1n) is 6.94. The SMILES string of the molecule is CNc1ccccc1C(=O)NCCCOCC1CC1. The maximum Gasteiger partial charge on any atom is 0.253 e. The van der Waals surface area contributed by atoms with Crippen LogP contribution < -0.4 is 10.6 Å². The van der Waals surface area contributed by atoms with Crippen LogP contribution in [0.4, 0.5) is 5.69 Å². The van der Waals surface area contributed by atoms with Gasteiger partial charge in [-0.05, 0) is 37.3 Å². The van der Waals surface area contributed by atoms with Crippen molar-refractivity contribution in [1.29, 1.82) is 0 Å². The van der Waals surface area contributed by atoms with Crippen molar-refractivity contribution in [3.8, 4) is 0 Å². The van der Waals surface area contributed by atoms with Crippen LogP contribution in [-0.2, 0) is 4.74 Å². The minimum absolute atomic E-state index is 0.0351. The first kappa shape index (κ1) is 13.9. The highest BCUT2D eigenvalue weighted by molar-refractivity contribution is 5.99. The highest BCUT2D eigenvalue weighted by atomic mass is 16.5. The first-order chi connectivity index (χ1) is 9.31. The minimum atomic E-state index is -0.0351. The van der Waals surface area contributed by atoms with Crippen molar-refractivity contribution in [3.05, 3.63) is 29.8 Å². The van der Waals surface area contributed by atoms with Gasteiger partial charge >= 0.3 is 0 Å². The molecule has 0 heterocycles. The smallest absolute Gasteiger partial charge is 0.253 e. The Hall–Kier alpha value is -1.55. The molecular weight excluding hydrogens is 240 g/mol. The van der Waals surface area contributed by atoms with E-state index in [9.17, 15) is 4.79 Å². The Morgan fingerprint density at radius 1 is 1.37 bits per heavy atom. The summed E-state index contributed by atoms with van der Waals surface area (Å²) in [4.78, 5) is 12.0. The number of rotatable bonds is 8. The van der Waals surface area contributed by atoms with Gasteiger partial charge in [0.25, 0.3) is 5.91 Å². The Balaban J connectivity index is 1.65. The molecule has 19 heavy (non-hydrogen) atoms. The summed E-state index contributed by atoms with van der Waals surface area (Å²) in [6, 6.07) is 7.50. The van der Waals surface area contributed by atoms with Crippen molar-refractivity contribution >= 4 is 11.6 Å². The number of carbonyl (C=O) groups excluding carboxylic acids is 1. The first-order valence-corrected chi connectivity index (χ1v) is 6.94. The van der Waals surface area contributed by atoms with Crippen molar-refractivity contribution in [1.82, 2.24) is 5.32 Å². The second-order valence-electron chi connectivity index (χ2n) is 4.92. The molecule has 1 aliphatic rings. The molecule has 104 valence electrons. The van der Waals surface area contributed by atoms with E-state index in [0.717, 1.165) is 31.2 Å². The van der Waals surface area contributed by atoms with Crippen LogP contribution in [0.3, 0.4) is 0 Å². The summed E-state index contributed by atoms with van der Waals surface area (Å²) < 4.78 is 5.53. The molecule has 0 unspecified atom stereocenters. The summed E-state index contributed by atoms with van der Waals surface area (Å²) in [5, 5.41) is 5.94. The van der Waals surface area contributed by atoms with Crippen molar-refractivity contribution < 1.29 is 9.53 Å². The van der Waals surface area contributed by atoms with E-state index in [-0.39, 0.29) is 5.91 Å². The molecular formula is C15H22N2O2. The zero-order valence-electron chi connectivity index (χ0n) is 11.4. The third kappa shape index (κ3) is 4.56. The Morgan fingerprint density at radius 3 is 2.89 bits per heavy atom. The largest absolute Gasteiger partial charge is 0.387 e. The van der Waals surface area contributed by atoms with E-state index in [1.54, 1.807) is 0 Å². The van der Waals surface area contributed by atoms with E-state index in [1.807, 2.05) is 31.3 Å². The van der Waals surface area contributed by atoms with Gasteiger partial charge in [0, 0.05) is 32.5 Å². The average Bonchev–Trinajstić information content (AvgIpc) is 3.26. The normalized spacial score (nSPS) is 14.2. The number of hydrogen-bond acceptors (Lipinski definition) is 3. The number of nitrogens with one attached hydrogen (secondary N) is 2. The van der Waals surface area contributed by atoms with E-state index >= 15 is 0 Å². The fourth-order valence-corrected chi connectivity index (χ4v) is 1.91. The van der Waals surface area contributed by atoms with Gasteiger partial charge in [-0.3, -0.25) is 4.79 Å². The summed E-state index contributed by atoms with van der Waals surface area (Å²) >= 11 is 0. The molecule has 4 heteroatoms. The van der Waals surface area contributed by atoms with Crippen molar-refractivity contribution in [2.45, 2.75) is 19.3 Å².